The third-order valence-corrected chi connectivity index (χ3v) is 4.94. The van der Waals surface area contributed by atoms with E-state index in [1.807, 2.05) is 24.4 Å². The number of nitrogens with zero attached hydrogens (tertiary/aromatic N) is 1. The summed E-state index contributed by atoms with van der Waals surface area (Å²) in [6.45, 7) is 8.90. The lowest BCUT2D eigenvalue weighted by atomic mass is 10.1. The normalized spacial score (nSPS) is 12.4. The van der Waals surface area contributed by atoms with Gasteiger partial charge < -0.3 is 4.74 Å². The Morgan fingerprint density at radius 1 is 1.17 bits per heavy atom. The number of pyridine rings is 1. The minimum Gasteiger partial charge on any atom is -0.379 e. The molecule has 0 saturated carbocycles. The zero-order valence-corrected chi connectivity index (χ0v) is 17.9. The Morgan fingerprint density at radius 3 is 2.72 bits per heavy atom. The molecule has 2 nitrogen and oxygen atoms in total. The largest absolute Gasteiger partial charge is 0.379 e. The van der Waals surface area contributed by atoms with Gasteiger partial charge in [-0.05, 0) is 62.3 Å². The topological polar surface area (TPSA) is 22.1 Å². The van der Waals surface area contributed by atoms with Gasteiger partial charge in [-0.1, -0.05) is 56.2 Å². The predicted molar refractivity (Wildman–Crippen MR) is 121 cm³/mol. The van der Waals surface area contributed by atoms with Crippen molar-refractivity contribution in [2.45, 2.75) is 64.9 Å². The van der Waals surface area contributed by atoms with Crippen molar-refractivity contribution in [1.82, 2.24) is 4.98 Å². The highest BCUT2D eigenvalue weighted by Crippen LogP contribution is 2.21. The molecule has 156 valence electrons. The number of halogens is 1. The maximum absolute atomic E-state index is 14.1. The number of unbranched alkanes of at least 4 members (excludes halogenated alkanes) is 3. The van der Waals surface area contributed by atoms with E-state index >= 15 is 0 Å². The molecule has 1 aromatic heterocycles. The number of benzene rings is 1. The van der Waals surface area contributed by atoms with E-state index < -0.39 is 0 Å². The van der Waals surface area contributed by atoms with E-state index in [0.29, 0.717) is 18.1 Å². The van der Waals surface area contributed by atoms with Crippen molar-refractivity contribution in [2.75, 3.05) is 6.61 Å². The van der Waals surface area contributed by atoms with Crippen LogP contribution in [0.4, 0.5) is 4.39 Å². The first-order valence-corrected chi connectivity index (χ1v) is 10.8. The molecular weight excluding hydrogens is 361 g/mol. The van der Waals surface area contributed by atoms with Crippen LogP contribution >= 0.6 is 0 Å². The quantitative estimate of drug-likeness (QED) is 0.260. The zero-order chi connectivity index (χ0) is 20.9. The molecule has 0 bridgehead atoms. The van der Waals surface area contributed by atoms with Crippen LogP contribution in [0.5, 0.6) is 0 Å². The summed E-state index contributed by atoms with van der Waals surface area (Å²) in [6.07, 6.45) is 15.6. The predicted octanol–water partition coefficient (Wildman–Crippen LogP) is 7.40. The molecule has 0 aliphatic carbocycles. The molecule has 29 heavy (non-hydrogen) atoms. The smallest absolute Gasteiger partial charge is 0.127 e. The molecule has 1 unspecified atom stereocenters. The summed E-state index contributed by atoms with van der Waals surface area (Å²) in [6, 6.07) is 9.21. The van der Waals surface area contributed by atoms with Gasteiger partial charge in [0, 0.05) is 18.4 Å². The van der Waals surface area contributed by atoms with Crippen molar-refractivity contribution in [3.05, 3.63) is 72.2 Å². The SMILES string of the molecule is C=CCc1ccc(-c2ccc(/C=C/CCCC(C)OCCCCC)cn2)cc1F. The van der Waals surface area contributed by atoms with Gasteiger partial charge in [0.05, 0.1) is 11.8 Å². The molecule has 2 rings (SSSR count). The van der Waals surface area contributed by atoms with Crippen molar-refractivity contribution in [3.63, 3.8) is 0 Å². The van der Waals surface area contributed by atoms with Gasteiger partial charge in [0.25, 0.3) is 0 Å². The first-order valence-electron chi connectivity index (χ1n) is 10.8. The molecule has 1 heterocycles. The maximum Gasteiger partial charge on any atom is 0.127 e. The number of hydrogen-bond acceptors (Lipinski definition) is 2. The van der Waals surface area contributed by atoms with Crippen LogP contribution in [0.3, 0.4) is 0 Å². The van der Waals surface area contributed by atoms with Crippen LogP contribution in [-0.4, -0.2) is 17.7 Å². The summed E-state index contributed by atoms with van der Waals surface area (Å²) in [4.78, 5) is 4.48. The molecule has 0 saturated heterocycles. The second kappa shape index (κ2) is 13.1. The molecule has 2 aromatic rings. The Bertz CT molecular complexity index is 767. The van der Waals surface area contributed by atoms with E-state index in [4.69, 9.17) is 4.74 Å². The molecule has 1 atom stereocenters. The molecule has 0 aliphatic rings. The Morgan fingerprint density at radius 2 is 2.03 bits per heavy atom. The Hall–Kier alpha value is -2.26. The van der Waals surface area contributed by atoms with Crippen molar-refractivity contribution < 1.29 is 9.13 Å². The third-order valence-electron chi connectivity index (χ3n) is 4.94. The summed E-state index contributed by atoms with van der Waals surface area (Å²) in [5.74, 6) is -0.211. The second-order valence-corrected chi connectivity index (χ2v) is 7.50. The van der Waals surface area contributed by atoms with E-state index in [1.165, 1.54) is 12.8 Å². The van der Waals surface area contributed by atoms with Crippen LogP contribution in [0, 0.1) is 5.82 Å². The molecular formula is C26H34FNO. The lowest BCUT2D eigenvalue weighted by Gasteiger charge is -2.11. The van der Waals surface area contributed by atoms with Crippen LogP contribution in [0.25, 0.3) is 17.3 Å². The lowest BCUT2D eigenvalue weighted by molar-refractivity contribution is 0.0566. The standard InChI is InChI=1S/C26H34FNO/c1-4-6-10-18-29-21(3)12-8-7-9-13-22-14-17-26(28-20-22)24-16-15-23(11-5-2)25(27)19-24/h5,9,13-17,19-21H,2,4,6-8,10-12,18H2,1,3H3/b13-9+. The fourth-order valence-corrected chi connectivity index (χ4v) is 3.16. The van der Waals surface area contributed by atoms with Crippen molar-refractivity contribution >= 4 is 6.08 Å². The Kier molecular flexibility index (Phi) is 10.4. The molecule has 1 aromatic carbocycles. The molecule has 3 heteroatoms. The highest BCUT2D eigenvalue weighted by atomic mass is 19.1. The number of allylic oxidation sites excluding steroid dienone is 2. The molecule has 0 radical (unpaired) electrons. The first kappa shape index (κ1) is 23.0. The molecule has 0 amide bonds. The van der Waals surface area contributed by atoms with Gasteiger partial charge >= 0.3 is 0 Å². The van der Waals surface area contributed by atoms with Gasteiger partial charge in [0.2, 0.25) is 0 Å². The summed E-state index contributed by atoms with van der Waals surface area (Å²) in [5.41, 5.74) is 3.28. The van der Waals surface area contributed by atoms with Gasteiger partial charge in [-0.15, -0.1) is 6.58 Å². The Balaban J connectivity index is 1.77. The summed E-state index contributed by atoms with van der Waals surface area (Å²) in [7, 11) is 0. The highest BCUT2D eigenvalue weighted by molar-refractivity contribution is 5.61. The van der Waals surface area contributed by atoms with Gasteiger partial charge in [-0.2, -0.15) is 0 Å². The molecule has 0 fully saturated rings. The number of hydrogen-bond donors (Lipinski definition) is 0. The van der Waals surface area contributed by atoms with Crippen LogP contribution in [0.15, 0.2) is 55.3 Å². The van der Waals surface area contributed by atoms with Gasteiger partial charge in [0.15, 0.2) is 0 Å². The Labute approximate surface area is 175 Å². The van der Waals surface area contributed by atoms with E-state index in [-0.39, 0.29) is 5.82 Å². The summed E-state index contributed by atoms with van der Waals surface area (Å²) in [5, 5.41) is 0. The van der Waals surface area contributed by atoms with Crippen LogP contribution in [-0.2, 0) is 11.2 Å². The average molecular weight is 396 g/mol. The minimum absolute atomic E-state index is 0.211. The molecule has 0 N–H and O–H groups in total. The molecule has 0 spiro atoms. The van der Waals surface area contributed by atoms with Crippen molar-refractivity contribution in [2.24, 2.45) is 0 Å². The minimum atomic E-state index is -0.211. The van der Waals surface area contributed by atoms with Gasteiger partial charge in [0.1, 0.15) is 5.82 Å². The van der Waals surface area contributed by atoms with Gasteiger partial charge in [-0.3, -0.25) is 4.98 Å². The second-order valence-electron chi connectivity index (χ2n) is 7.50. The monoisotopic (exact) mass is 395 g/mol. The zero-order valence-electron chi connectivity index (χ0n) is 17.9. The van der Waals surface area contributed by atoms with Crippen LogP contribution in [0.1, 0.15) is 63.5 Å². The van der Waals surface area contributed by atoms with Crippen molar-refractivity contribution in [3.8, 4) is 11.3 Å². The van der Waals surface area contributed by atoms with Crippen LogP contribution in [0.2, 0.25) is 0 Å². The van der Waals surface area contributed by atoms with Crippen LogP contribution < -0.4 is 0 Å². The lowest BCUT2D eigenvalue weighted by Crippen LogP contribution is -2.08. The van der Waals surface area contributed by atoms with E-state index in [1.54, 1.807) is 18.2 Å². The fourth-order valence-electron chi connectivity index (χ4n) is 3.16. The van der Waals surface area contributed by atoms with E-state index in [2.05, 4.69) is 37.6 Å². The van der Waals surface area contributed by atoms with E-state index in [0.717, 1.165) is 49.1 Å². The number of ether oxygens (including phenoxy) is 1. The third kappa shape index (κ3) is 8.33. The summed E-state index contributed by atoms with van der Waals surface area (Å²) < 4.78 is 19.9. The highest BCUT2D eigenvalue weighted by Gasteiger charge is 2.05. The van der Waals surface area contributed by atoms with Gasteiger partial charge in [-0.25, -0.2) is 4.39 Å². The summed E-state index contributed by atoms with van der Waals surface area (Å²) >= 11 is 0. The average Bonchev–Trinajstić information content (AvgIpc) is 2.73. The fraction of sp³-hybridized carbons (Fsp3) is 0.423. The number of aromatic nitrogens is 1. The molecule has 0 aliphatic heterocycles. The number of rotatable bonds is 13. The van der Waals surface area contributed by atoms with Crippen molar-refractivity contribution in [1.29, 1.82) is 0 Å². The van der Waals surface area contributed by atoms with E-state index in [9.17, 15) is 4.39 Å². The maximum atomic E-state index is 14.1. The first-order chi connectivity index (χ1) is 14.1.